The Balaban J connectivity index is 1.95. The van der Waals surface area contributed by atoms with Gasteiger partial charge in [-0.3, -0.25) is 4.79 Å². The highest BCUT2D eigenvalue weighted by molar-refractivity contribution is 7.89. The summed E-state index contributed by atoms with van der Waals surface area (Å²) < 4.78 is 37.8. The van der Waals surface area contributed by atoms with Crippen LogP contribution in [0.3, 0.4) is 0 Å². The van der Waals surface area contributed by atoms with Crippen molar-refractivity contribution in [3.8, 4) is 5.75 Å². The standard InChI is InChI=1S/C15H22N2O5S/c1-11(15(18)16-2)22-12-5-7-14(8-6-12)23(19,20)17-10-13-4-3-9-21-13/h5-8,11,13,17H,3-4,9-10H2,1-2H3,(H,16,18)/t11-,13+/m1/s1. The number of carbonyl (C=O) groups is 1. The van der Waals surface area contributed by atoms with Gasteiger partial charge >= 0.3 is 0 Å². The summed E-state index contributed by atoms with van der Waals surface area (Å²) in [6.45, 7) is 2.57. The van der Waals surface area contributed by atoms with Gasteiger partial charge in [0.05, 0.1) is 11.0 Å². The number of ether oxygens (including phenoxy) is 2. The van der Waals surface area contributed by atoms with E-state index in [-0.39, 0.29) is 23.5 Å². The number of likely N-dealkylation sites (N-methyl/N-ethyl adjacent to an activating group) is 1. The van der Waals surface area contributed by atoms with Crippen molar-refractivity contribution in [3.63, 3.8) is 0 Å². The molecule has 1 heterocycles. The first-order chi connectivity index (χ1) is 10.9. The number of hydrogen-bond acceptors (Lipinski definition) is 5. The van der Waals surface area contributed by atoms with E-state index in [0.717, 1.165) is 12.8 Å². The highest BCUT2D eigenvalue weighted by Gasteiger charge is 2.20. The summed E-state index contributed by atoms with van der Waals surface area (Å²) in [6.07, 6.45) is 1.12. The van der Waals surface area contributed by atoms with E-state index >= 15 is 0 Å². The SMILES string of the molecule is CNC(=O)[C@@H](C)Oc1ccc(S(=O)(=O)NC[C@@H]2CCCO2)cc1. The molecule has 1 aromatic rings. The summed E-state index contributed by atoms with van der Waals surface area (Å²) in [4.78, 5) is 11.5. The lowest BCUT2D eigenvalue weighted by molar-refractivity contribution is -0.126. The highest BCUT2D eigenvalue weighted by atomic mass is 32.2. The van der Waals surface area contributed by atoms with Crippen LogP contribution in [0.15, 0.2) is 29.2 Å². The van der Waals surface area contributed by atoms with Gasteiger partial charge in [0.25, 0.3) is 5.91 Å². The van der Waals surface area contributed by atoms with Gasteiger partial charge in [0.2, 0.25) is 10.0 Å². The number of benzene rings is 1. The van der Waals surface area contributed by atoms with E-state index in [2.05, 4.69) is 10.0 Å². The summed E-state index contributed by atoms with van der Waals surface area (Å²) in [5, 5.41) is 2.48. The van der Waals surface area contributed by atoms with Crippen LogP contribution >= 0.6 is 0 Å². The Morgan fingerprint density at radius 2 is 2.09 bits per heavy atom. The third kappa shape index (κ3) is 4.92. The van der Waals surface area contributed by atoms with E-state index < -0.39 is 16.1 Å². The number of rotatable bonds is 7. The third-order valence-electron chi connectivity index (χ3n) is 3.59. The zero-order chi connectivity index (χ0) is 16.9. The fourth-order valence-electron chi connectivity index (χ4n) is 2.25. The molecule has 1 aromatic carbocycles. The van der Waals surface area contributed by atoms with Gasteiger partial charge in [-0.25, -0.2) is 13.1 Å². The van der Waals surface area contributed by atoms with Crippen LogP contribution in [-0.2, 0) is 19.6 Å². The van der Waals surface area contributed by atoms with E-state index in [9.17, 15) is 13.2 Å². The van der Waals surface area contributed by atoms with E-state index in [1.54, 1.807) is 6.92 Å². The van der Waals surface area contributed by atoms with Crippen molar-refractivity contribution in [1.82, 2.24) is 10.0 Å². The lowest BCUT2D eigenvalue weighted by atomic mass is 10.2. The van der Waals surface area contributed by atoms with E-state index in [0.29, 0.717) is 12.4 Å². The van der Waals surface area contributed by atoms with Crippen molar-refractivity contribution < 1.29 is 22.7 Å². The topological polar surface area (TPSA) is 93.7 Å². The summed E-state index contributed by atoms with van der Waals surface area (Å²) in [5.41, 5.74) is 0. The second-order valence-electron chi connectivity index (χ2n) is 5.33. The molecule has 8 heteroatoms. The fourth-order valence-corrected chi connectivity index (χ4v) is 3.32. The quantitative estimate of drug-likeness (QED) is 0.759. The molecule has 2 atom stereocenters. The predicted octanol–water partition coefficient (Wildman–Crippen LogP) is 0.657. The number of carbonyl (C=O) groups excluding carboxylic acids is 1. The second-order valence-corrected chi connectivity index (χ2v) is 7.10. The van der Waals surface area contributed by atoms with Crippen molar-refractivity contribution in [2.45, 2.75) is 36.9 Å². The summed E-state index contributed by atoms with van der Waals surface area (Å²) >= 11 is 0. The molecular weight excluding hydrogens is 320 g/mol. The maximum Gasteiger partial charge on any atom is 0.260 e. The summed E-state index contributed by atoms with van der Waals surface area (Å²) in [7, 11) is -2.05. The third-order valence-corrected chi connectivity index (χ3v) is 5.03. The van der Waals surface area contributed by atoms with Crippen LogP contribution in [0.5, 0.6) is 5.75 Å². The number of amides is 1. The molecule has 0 radical (unpaired) electrons. The van der Waals surface area contributed by atoms with Crippen LogP contribution in [0.1, 0.15) is 19.8 Å². The largest absolute Gasteiger partial charge is 0.481 e. The Kier molecular flexibility index (Phi) is 5.97. The van der Waals surface area contributed by atoms with Crippen molar-refractivity contribution in [2.24, 2.45) is 0 Å². The van der Waals surface area contributed by atoms with Crippen molar-refractivity contribution in [2.75, 3.05) is 20.2 Å². The van der Waals surface area contributed by atoms with Gasteiger partial charge in [0.1, 0.15) is 5.75 Å². The molecule has 1 aliphatic heterocycles. The summed E-state index contributed by atoms with van der Waals surface area (Å²) in [5.74, 6) is 0.180. The molecule has 128 valence electrons. The smallest absolute Gasteiger partial charge is 0.260 e. The lowest BCUT2D eigenvalue weighted by Gasteiger charge is -2.14. The van der Waals surface area contributed by atoms with Gasteiger partial charge in [0.15, 0.2) is 6.10 Å². The lowest BCUT2D eigenvalue weighted by Crippen LogP contribution is -2.33. The number of hydrogen-bond donors (Lipinski definition) is 2. The molecular formula is C15H22N2O5S. The van der Waals surface area contributed by atoms with Crippen LogP contribution in [0.25, 0.3) is 0 Å². The molecule has 0 bridgehead atoms. The van der Waals surface area contributed by atoms with E-state index in [1.807, 2.05) is 0 Å². The van der Waals surface area contributed by atoms with E-state index in [4.69, 9.17) is 9.47 Å². The molecule has 7 nitrogen and oxygen atoms in total. The van der Waals surface area contributed by atoms with Gasteiger partial charge in [-0.15, -0.1) is 0 Å². The zero-order valence-electron chi connectivity index (χ0n) is 13.2. The average Bonchev–Trinajstić information content (AvgIpc) is 3.06. The first-order valence-corrected chi connectivity index (χ1v) is 9.00. The first kappa shape index (κ1) is 17.7. The van der Waals surface area contributed by atoms with Crippen LogP contribution in [0.4, 0.5) is 0 Å². The Hall–Kier alpha value is -1.64. The van der Waals surface area contributed by atoms with Gasteiger partial charge in [-0.1, -0.05) is 0 Å². The van der Waals surface area contributed by atoms with Gasteiger partial charge in [0, 0.05) is 20.2 Å². The minimum absolute atomic E-state index is 0.0548. The highest BCUT2D eigenvalue weighted by Crippen LogP contribution is 2.18. The molecule has 0 aliphatic carbocycles. The molecule has 0 saturated carbocycles. The van der Waals surface area contributed by atoms with Crippen LogP contribution in [-0.4, -0.2) is 46.7 Å². The second kappa shape index (κ2) is 7.76. The maximum absolute atomic E-state index is 12.2. The monoisotopic (exact) mass is 342 g/mol. The van der Waals surface area contributed by atoms with Crippen LogP contribution in [0.2, 0.25) is 0 Å². The first-order valence-electron chi connectivity index (χ1n) is 7.52. The van der Waals surface area contributed by atoms with Crippen LogP contribution in [0, 0.1) is 0 Å². The Morgan fingerprint density at radius 3 is 2.65 bits per heavy atom. The summed E-state index contributed by atoms with van der Waals surface area (Å²) in [6, 6.07) is 5.95. The Morgan fingerprint density at radius 1 is 1.39 bits per heavy atom. The van der Waals surface area contributed by atoms with Crippen molar-refractivity contribution in [1.29, 1.82) is 0 Å². The molecule has 1 fully saturated rings. The molecule has 23 heavy (non-hydrogen) atoms. The van der Waals surface area contributed by atoms with E-state index in [1.165, 1.54) is 31.3 Å². The zero-order valence-corrected chi connectivity index (χ0v) is 14.1. The van der Waals surface area contributed by atoms with Crippen molar-refractivity contribution in [3.05, 3.63) is 24.3 Å². The normalized spacial score (nSPS) is 19.3. The Bertz CT molecular complexity index is 624. The van der Waals surface area contributed by atoms with Crippen molar-refractivity contribution >= 4 is 15.9 Å². The van der Waals surface area contributed by atoms with Crippen LogP contribution < -0.4 is 14.8 Å². The Labute approximate surface area is 136 Å². The minimum Gasteiger partial charge on any atom is -0.481 e. The maximum atomic E-state index is 12.2. The van der Waals surface area contributed by atoms with Gasteiger partial charge < -0.3 is 14.8 Å². The average molecular weight is 342 g/mol. The fraction of sp³-hybridized carbons (Fsp3) is 0.533. The molecule has 0 aromatic heterocycles. The minimum atomic E-state index is -3.58. The molecule has 0 unspecified atom stereocenters. The molecule has 1 aliphatic rings. The molecule has 2 rings (SSSR count). The molecule has 2 N–H and O–H groups in total. The predicted molar refractivity (Wildman–Crippen MR) is 84.8 cm³/mol. The van der Waals surface area contributed by atoms with Gasteiger partial charge in [-0.2, -0.15) is 0 Å². The number of nitrogens with one attached hydrogen (secondary N) is 2. The molecule has 1 amide bonds. The van der Waals surface area contributed by atoms with Gasteiger partial charge in [-0.05, 0) is 44.0 Å². The number of sulfonamides is 1. The molecule has 0 spiro atoms. The molecule has 1 saturated heterocycles.